The first kappa shape index (κ1) is 10.1. The summed E-state index contributed by atoms with van der Waals surface area (Å²) in [4.78, 5) is 0. The predicted molar refractivity (Wildman–Crippen MR) is 61.9 cm³/mol. The Balaban J connectivity index is 2.61. The number of halogens is 1. The highest BCUT2D eigenvalue weighted by Crippen LogP contribution is 2.29. The minimum atomic E-state index is 0.660. The standard InChI is InChI=1S/C12H11ClN2/c1-2-11-12(10(13)8-14-15-11)9-6-4-3-5-7-9/h3-8H,2H2,1H3. The molecule has 2 aromatic rings. The second kappa shape index (κ2) is 4.41. The van der Waals surface area contributed by atoms with E-state index in [0.717, 1.165) is 23.2 Å². The molecule has 0 N–H and O–H groups in total. The molecule has 1 aromatic carbocycles. The summed E-state index contributed by atoms with van der Waals surface area (Å²) in [5, 5.41) is 8.62. The summed E-state index contributed by atoms with van der Waals surface area (Å²) in [6.45, 7) is 2.05. The van der Waals surface area contributed by atoms with E-state index in [2.05, 4.69) is 10.2 Å². The fourth-order valence-corrected chi connectivity index (χ4v) is 1.82. The third-order valence-corrected chi connectivity index (χ3v) is 2.56. The fourth-order valence-electron chi connectivity index (χ4n) is 1.56. The summed E-state index contributed by atoms with van der Waals surface area (Å²) in [6, 6.07) is 10.0. The number of benzene rings is 1. The van der Waals surface area contributed by atoms with E-state index in [4.69, 9.17) is 11.6 Å². The molecule has 1 aromatic heterocycles. The van der Waals surface area contributed by atoms with Crippen molar-refractivity contribution in [2.45, 2.75) is 13.3 Å². The van der Waals surface area contributed by atoms with Crippen molar-refractivity contribution in [2.24, 2.45) is 0 Å². The first-order chi connectivity index (χ1) is 7.33. The Bertz CT molecular complexity index is 454. The normalized spacial score (nSPS) is 10.3. The third kappa shape index (κ3) is 2.00. The van der Waals surface area contributed by atoms with Crippen LogP contribution in [0.15, 0.2) is 36.5 Å². The minimum absolute atomic E-state index is 0.660. The van der Waals surface area contributed by atoms with Gasteiger partial charge < -0.3 is 0 Å². The predicted octanol–water partition coefficient (Wildman–Crippen LogP) is 3.36. The second-order valence-corrected chi connectivity index (χ2v) is 3.64. The number of hydrogen-bond acceptors (Lipinski definition) is 2. The molecular weight excluding hydrogens is 208 g/mol. The zero-order chi connectivity index (χ0) is 10.7. The average molecular weight is 219 g/mol. The number of nitrogens with zero attached hydrogens (tertiary/aromatic N) is 2. The molecule has 0 spiro atoms. The van der Waals surface area contributed by atoms with Crippen LogP contribution in [0.25, 0.3) is 11.1 Å². The molecule has 0 amide bonds. The van der Waals surface area contributed by atoms with Gasteiger partial charge in [-0.05, 0) is 12.0 Å². The second-order valence-electron chi connectivity index (χ2n) is 3.23. The van der Waals surface area contributed by atoms with Gasteiger partial charge in [0.15, 0.2) is 0 Å². The maximum absolute atomic E-state index is 6.14. The van der Waals surface area contributed by atoms with E-state index in [1.165, 1.54) is 0 Å². The van der Waals surface area contributed by atoms with Crippen molar-refractivity contribution < 1.29 is 0 Å². The van der Waals surface area contributed by atoms with Crippen molar-refractivity contribution in [3.05, 3.63) is 47.2 Å². The quantitative estimate of drug-likeness (QED) is 0.773. The molecule has 0 saturated carbocycles. The van der Waals surface area contributed by atoms with Crippen LogP contribution in [-0.2, 0) is 6.42 Å². The Kier molecular flexibility index (Phi) is 2.97. The maximum Gasteiger partial charge on any atom is 0.0721 e. The van der Waals surface area contributed by atoms with Crippen LogP contribution in [0.3, 0.4) is 0 Å². The minimum Gasteiger partial charge on any atom is -0.157 e. The molecule has 76 valence electrons. The Morgan fingerprint density at radius 2 is 1.93 bits per heavy atom. The Morgan fingerprint density at radius 1 is 1.20 bits per heavy atom. The lowest BCUT2D eigenvalue weighted by molar-refractivity contribution is 0.923. The molecule has 0 bridgehead atoms. The van der Waals surface area contributed by atoms with Gasteiger partial charge in [-0.15, -0.1) is 0 Å². The molecule has 2 rings (SSSR count). The molecule has 2 nitrogen and oxygen atoms in total. The lowest BCUT2D eigenvalue weighted by Crippen LogP contribution is -1.95. The number of aromatic nitrogens is 2. The first-order valence-corrected chi connectivity index (χ1v) is 5.26. The lowest BCUT2D eigenvalue weighted by atomic mass is 10.0. The average Bonchev–Trinajstić information content (AvgIpc) is 2.29. The Morgan fingerprint density at radius 3 is 2.60 bits per heavy atom. The van der Waals surface area contributed by atoms with Crippen molar-refractivity contribution in [2.75, 3.05) is 0 Å². The molecule has 0 radical (unpaired) electrons. The smallest absolute Gasteiger partial charge is 0.0721 e. The van der Waals surface area contributed by atoms with Crippen LogP contribution >= 0.6 is 11.6 Å². The topological polar surface area (TPSA) is 25.8 Å². The van der Waals surface area contributed by atoms with Gasteiger partial charge in [0.05, 0.1) is 16.9 Å². The van der Waals surface area contributed by atoms with Gasteiger partial charge in [-0.2, -0.15) is 10.2 Å². The molecule has 0 aliphatic carbocycles. The highest BCUT2D eigenvalue weighted by molar-refractivity contribution is 6.33. The molecule has 0 saturated heterocycles. The van der Waals surface area contributed by atoms with Gasteiger partial charge in [0.2, 0.25) is 0 Å². The van der Waals surface area contributed by atoms with Crippen LogP contribution in [0.1, 0.15) is 12.6 Å². The number of hydrogen-bond donors (Lipinski definition) is 0. The maximum atomic E-state index is 6.14. The van der Waals surface area contributed by atoms with Crippen molar-refractivity contribution in [1.29, 1.82) is 0 Å². The van der Waals surface area contributed by atoms with Gasteiger partial charge in [0.25, 0.3) is 0 Å². The van der Waals surface area contributed by atoms with Gasteiger partial charge >= 0.3 is 0 Å². The third-order valence-electron chi connectivity index (χ3n) is 2.27. The van der Waals surface area contributed by atoms with Crippen LogP contribution < -0.4 is 0 Å². The summed E-state index contributed by atoms with van der Waals surface area (Å²) in [5.74, 6) is 0. The van der Waals surface area contributed by atoms with Crippen molar-refractivity contribution in [3.8, 4) is 11.1 Å². The van der Waals surface area contributed by atoms with E-state index >= 15 is 0 Å². The first-order valence-electron chi connectivity index (χ1n) is 4.88. The summed E-state index contributed by atoms with van der Waals surface area (Å²) < 4.78 is 0. The van der Waals surface area contributed by atoms with E-state index in [9.17, 15) is 0 Å². The number of aryl methyl sites for hydroxylation is 1. The molecular formula is C12H11ClN2. The van der Waals surface area contributed by atoms with Gasteiger partial charge in [-0.3, -0.25) is 0 Å². The van der Waals surface area contributed by atoms with Gasteiger partial charge in [0.1, 0.15) is 0 Å². The summed E-state index contributed by atoms with van der Waals surface area (Å²) >= 11 is 6.14. The lowest BCUT2D eigenvalue weighted by Gasteiger charge is -2.07. The molecule has 0 atom stereocenters. The zero-order valence-corrected chi connectivity index (χ0v) is 9.20. The Labute approximate surface area is 93.9 Å². The van der Waals surface area contributed by atoms with Crippen LogP contribution in [-0.4, -0.2) is 10.2 Å². The Hall–Kier alpha value is -1.41. The van der Waals surface area contributed by atoms with E-state index in [1.807, 2.05) is 37.3 Å². The highest BCUT2D eigenvalue weighted by atomic mass is 35.5. The van der Waals surface area contributed by atoms with Crippen molar-refractivity contribution >= 4 is 11.6 Å². The summed E-state index contributed by atoms with van der Waals surface area (Å²) in [6.07, 6.45) is 2.42. The monoisotopic (exact) mass is 218 g/mol. The van der Waals surface area contributed by atoms with Crippen LogP contribution in [0, 0.1) is 0 Å². The van der Waals surface area contributed by atoms with Crippen LogP contribution in [0.4, 0.5) is 0 Å². The van der Waals surface area contributed by atoms with E-state index in [-0.39, 0.29) is 0 Å². The van der Waals surface area contributed by atoms with Crippen molar-refractivity contribution in [3.63, 3.8) is 0 Å². The molecule has 0 fully saturated rings. The largest absolute Gasteiger partial charge is 0.157 e. The molecule has 15 heavy (non-hydrogen) atoms. The van der Waals surface area contributed by atoms with Crippen LogP contribution in [0.2, 0.25) is 5.02 Å². The SMILES string of the molecule is CCc1nncc(Cl)c1-c1ccccc1. The van der Waals surface area contributed by atoms with Crippen LogP contribution in [0.5, 0.6) is 0 Å². The van der Waals surface area contributed by atoms with E-state index in [0.29, 0.717) is 5.02 Å². The number of rotatable bonds is 2. The summed E-state index contributed by atoms with van der Waals surface area (Å²) in [5.41, 5.74) is 3.03. The van der Waals surface area contributed by atoms with E-state index < -0.39 is 0 Å². The van der Waals surface area contributed by atoms with Crippen molar-refractivity contribution in [1.82, 2.24) is 10.2 Å². The van der Waals surface area contributed by atoms with Gasteiger partial charge in [-0.1, -0.05) is 48.9 Å². The zero-order valence-electron chi connectivity index (χ0n) is 8.44. The summed E-state index contributed by atoms with van der Waals surface area (Å²) in [7, 11) is 0. The fraction of sp³-hybridized carbons (Fsp3) is 0.167. The van der Waals surface area contributed by atoms with Gasteiger partial charge in [-0.25, -0.2) is 0 Å². The van der Waals surface area contributed by atoms with Gasteiger partial charge in [0, 0.05) is 5.56 Å². The molecule has 0 aliphatic rings. The molecule has 1 heterocycles. The highest BCUT2D eigenvalue weighted by Gasteiger charge is 2.09. The molecule has 3 heteroatoms. The molecule has 0 unspecified atom stereocenters. The van der Waals surface area contributed by atoms with E-state index in [1.54, 1.807) is 6.20 Å². The molecule has 0 aliphatic heterocycles.